The minimum atomic E-state index is -4.41. The fourth-order valence-corrected chi connectivity index (χ4v) is 6.48. The maximum absolute atomic E-state index is 13.1. The summed E-state index contributed by atoms with van der Waals surface area (Å²) in [4.78, 5) is 23.4. The Kier molecular flexibility index (Phi) is 30.1. The van der Waals surface area contributed by atoms with Crippen LogP contribution in [0.15, 0.2) is 12.2 Å². The summed E-state index contributed by atoms with van der Waals surface area (Å²) in [5, 5.41) is 18.5. The Morgan fingerprint density at radius 3 is 1.65 bits per heavy atom. The van der Waals surface area contributed by atoms with Gasteiger partial charge in [-0.15, -0.1) is 0 Å². The number of allylic oxidation sites excluding steroid dienone is 1. The second kappa shape index (κ2) is 31.9. The molecule has 0 saturated heterocycles. The lowest BCUT2D eigenvalue weighted by Gasteiger charge is -2.26. The van der Waals surface area contributed by atoms with Crippen LogP contribution in [0.1, 0.15) is 174 Å². The zero-order chi connectivity index (χ0) is 37.4. The fourth-order valence-electron chi connectivity index (χ4n) is 5.74. The number of phosphoric ester groups is 1. The number of rotatable bonds is 37. The summed E-state index contributed by atoms with van der Waals surface area (Å²) >= 11 is 0. The molecule has 4 N–H and O–H groups in total. The van der Waals surface area contributed by atoms with Crippen LogP contribution in [0.4, 0.5) is 0 Å². The molecule has 0 bridgehead atoms. The number of aliphatic hydroxyl groups is 2. The van der Waals surface area contributed by atoms with Crippen LogP contribution in [0.2, 0.25) is 0 Å². The van der Waals surface area contributed by atoms with Crippen molar-refractivity contribution in [2.75, 3.05) is 40.9 Å². The van der Waals surface area contributed by atoms with Gasteiger partial charge in [0.1, 0.15) is 19.3 Å². The number of carbonyl (C=O) groups excluding carboxylic acids is 1. The molecule has 4 atom stereocenters. The molecule has 292 valence electrons. The average molecular weight is 721 g/mol. The Hall–Kier alpha value is -0.800. The van der Waals surface area contributed by atoms with Crippen LogP contribution in [-0.4, -0.2) is 86.1 Å². The normalized spacial score (nSPS) is 15.6. The van der Waals surface area contributed by atoms with Gasteiger partial charge in [0.2, 0.25) is 7.34 Å². The van der Waals surface area contributed by atoms with Crippen LogP contribution in [0.5, 0.6) is 0 Å². The summed E-state index contributed by atoms with van der Waals surface area (Å²) < 4.78 is 31.0. The van der Waals surface area contributed by atoms with Crippen LogP contribution in [0, 0.1) is 0 Å². The van der Waals surface area contributed by atoms with Crippen molar-refractivity contribution in [1.29, 1.82) is 1.43 Å². The fraction of sp³-hybridized carbons (Fsp3) is 0.923. The molecule has 0 aromatic heterocycles. The summed E-state index contributed by atoms with van der Waals surface area (Å²) in [6, 6.07) is -1.02. The number of amides is 1. The van der Waals surface area contributed by atoms with Gasteiger partial charge in [0.25, 0.3) is 0 Å². The highest BCUT2D eigenvalue weighted by Crippen LogP contribution is 2.43. The van der Waals surface area contributed by atoms with E-state index in [1.165, 1.54) is 116 Å². The van der Waals surface area contributed by atoms with Crippen LogP contribution < -0.4 is 5.32 Å². The van der Waals surface area contributed by atoms with E-state index in [9.17, 15) is 19.4 Å². The molecule has 0 aliphatic carbocycles. The van der Waals surface area contributed by atoms with Crippen molar-refractivity contribution < 1.29 is 38.0 Å². The monoisotopic (exact) mass is 721 g/mol. The van der Waals surface area contributed by atoms with Gasteiger partial charge in [0.05, 0.1) is 39.9 Å². The summed E-state index contributed by atoms with van der Waals surface area (Å²) in [6.45, 7) is 4.57. The third-order valence-electron chi connectivity index (χ3n) is 9.09. The predicted molar refractivity (Wildman–Crippen MR) is 204 cm³/mol. The molecule has 49 heavy (non-hydrogen) atoms. The summed E-state index contributed by atoms with van der Waals surface area (Å²) in [6.07, 6.45) is 30.8. The molecular formula is C39H80N2O7P+. The van der Waals surface area contributed by atoms with Crippen molar-refractivity contribution >= 4 is 13.7 Å². The molecule has 0 saturated carbocycles. The standard InChI is InChI=1S/C39H79N2O7P/c1-6-8-10-12-14-16-18-20-22-23-25-27-29-31-37(42)36(35-48-49(45,46)47-34-33-41(3,4)5)40-39(44)38(43)32-30-28-26-24-21-19-17-15-13-11-9-7-2/h29,31,36-38,42-43H,6-28,30,32-35H2,1-5H3,(H-,40,44,45,46)/p+1/b31-29+/t36-,37+,38?/m0/s1/i43D. The zero-order valence-corrected chi connectivity index (χ0v) is 33.4. The van der Waals surface area contributed by atoms with Gasteiger partial charge in [-0.1, -0.05) is 167 Å². The maximum atomic E-state index is 13.1. The Balaban J connectivity index is 4.77. The molecule has 10 heteroatoms. The minimum Gasteiger partial charge on any atom is -0.387 e. The second-order valence-corrected chi connectivity index (χ2v) is 16.6. The van der Waals surface area contributed by atoms with Gasteiger partial charge in [-0.25, -0.2) is 4.57 Å². The van der Waals surface area contributed by atoms with E-state index >= 15 is 0 Å². The summed E-state index contributed by atoms with van der Waals surface area (Å²) in [5.74, 6) is -0.548. The number of nitrogens with zero attached hydrogens (tertiary/aromatic N) is 1. The number of nitrogens with one attached hydrogen (secondary N) is 1. The third kappa shape index (κ3) is 32.8. The largest absolute Gasteiger partial charge is 0.472 e. The Bertz CT molecular complexity index is 859. The predicted octanol–water partition coefficient (Wildman–Crippen LogP) is 9.38. The van der Waals surface area contributed by atoms with Crippen molar-refractivity contribution in [2.45, 2.75) is 193 Å². The van der Waals surface area contributed by atoms with Crippen LogP contribution in [0.25, 0.3) is 0 Å². The molecular weight excluding hydrogens is 639 g/mol. The van der Waals surface area contributed by atoms with E-state index in [0.717, 1.165) is 38.5 Å². The maximum Gasteiger partial charge on any atom is 0.472 e. The molecule has 1 amide bonds. The Morgan fingerprint density at radius 1 is 0.755 bits per heavy atom. The van der Waals surface area contributed by atoms with E-state index in [0.29, 0.717) is 17.4 Å². The Morgan fingerprint density at radius 2 is 1.20 bits per heavy atom. The highest BCUT2D eigenvalue weighted by atomic mass is 31.2. The first-order valence-corrected chi connectivity index (χ1v) is 21.6. The van der Waals surface area contributed by atoms with Crippen molar-refractivity contribution in [3.05, 3.63) is 12.2 Å². The highest BCUT2D eigenvalue weighted by Gasteiger charge is 2.29. The van der Waals surface area contributed by atoms with Gasteiger partial charge in [-0.2, -0.15) is 0 Å². The van der Waals surface area contributed by atoms with Gasteiger partial charge < -0.3 is 24.9 Å². The zero-order valence-electron chi connectivity index (χ0n) is 33.5. The van der Waals surface area contributed by atoms with Crippen LogP contribution in [0.3, 0.4) is 0 Å². The van der Waals surface area contributed by atoms with Gasteiger partial charge >= 0.3 is 7.82 Å². The number of hydrogen-bond donors (Lipinski definition) is 4. The van der Waals surface area contributed by atoms with Crippen molar-refractivity contribution in [2.24, 2.45) is 0 Å². The number of unbranched alkanes of at least 4 members (excludes halogenated alkanes) is 22. The van der Waals surface area contributed by atoms with Gasteiger partial charge in [0.15, 0.2) is 0 Å². The van der Waals surface area contributed by atoms with Crippen molar-refractivity contribution in [1.82, 2.24) is 5.32 Å². The molecule has 9 nitrogen and oxygen atoms in total. The number of phosphoric acid groups is 1. The molecule has 0 aromatic rings. The lowest BCUT2D eigenvalue weighted by molar-refractivity contribution is -0.870. The van der Waals surface area contributed by atoms with Crippen LogP contribution in [-0.2, 0) is 18.4 Å². The third-order valence-corrected chi connectivity index (χ3v) is 10.1. The highest BCUT2D eigenvalue weighted by molar-refractivity contribution is 7.47. The van der Waals surface area contributed by atoms with Crippen molar-refractivity contribution in [3.63, 3.8) is 0 Å². The van der Waals surface area contributed by atoms with Gasteiger partial charge in [-0.05, 0) is 19.3 Å². The van der Waals surface area contributed by atoms with E-state index in [1.54, 1.807) is 6.08 Å². The van der Waals surface area contributed by atoms with Gasteiger partial charge in [0, 0.05) is 0 Å². The lowest BCUT2D eigenvalue weighted by Crippen LogP contribution is -2.49. The number of hydrogen-bond acceptors (Lipinski definition) is 6. The quantitative estimate of drug-likeness (QED) is 0.0218. The number of aliphatic hydroxyl groups excluding tert-OH is 2. The number of likely N-dealkylation sites (N-methyl/N-ethyl adjacent to an activating group) is 1. The first-order chi connectivity index (χ1) is 24.0. The number of carbonyl (C=O) groups is 1. The molecule has 2 unspecified atom stereocenters. The lowest BCUT2D eigenvalue weighted by atomic mass is 10.0. The molecule has 0 aromatic carbocycles. The molecule has 0 spiro atoms. The molecule has 0 fully saturated rings. The van der Waals surface area contributed by atoms with Crippen molar-refractivity contribution in [3.8, 4) is 0 Å². The number of quaternary nitrogens is 1. The smallest absolute Gasteiger partial charge is 0.387 e. The average Bonchev–Trinajstić information content (AvgIpc) is 3.06. The topological polar surface area (TPSA) is 125 Å². The van der Waals surface area contributed by atoms with Crippen LogP contribution >= 0.6 is 7.82 Å². The molecule has 0 radical (unpaired) electrons. The van der Waals surface area contributed by atoms with E-state index in [1.807, 2.05) is 27.2 Å². The Labute approximate surface area is 303 Å². The molecule has 0 rings (SSSR count). The van der Waals surface area contributed by atoms with E-state index < -0.39 is 38.6 Å². The minimum absolute atomic E-state index is 0.0174. The van der Waals surface area contributed by atoms with E-state index in [2.05, 4.69) is 19.2 Å². The molecule has 0 heterocycles. The summed E-state index contributed by atoms with van der Waals surface area (Å²) in [7, 11) is 1.42. The van der Waals surface area contributed by atoms with E-state index in [4.69, 9.17) is 15.6 Å². The first-order valence-electron chi connectivity index (χ1n) is 20.6. The molecule has 0 aliphatic rings. The first kappa shape index (κ1) is 46.2. The summed E-state index contributed by atoms with van der Waals surface area (Å²) in [5.41, 5.74) is 0. The van der Waals surface area contributed by atoms with Gasteiger partial charge in [-0.3, -0.25) is 13.8 Å². The van der Waals surface area contributed by atoms with E-state index in [-0.39, 0.29) is 6.61 Å². The molecule has 0 aliphatic heterocycles. The second-order valence-electron chi connectivity index (χ2n) is 15.1. The SMILES string of the molecule is [2H]OC(CCCCCCCCCCCCCC)C(=O)N[C@@H](COP(=O)(O)OCC[N+](C)(C)C)[C@H](O)/C=C/CCCCCCCCCCCCC.